The Bertz CT molecular complexity index is 1300. The van der Waals surface area contributed by atoms with E-state index in [-0.39, 0.29) is 19.4 Å². The maximum Gasteiger partial charge on any atom is 0.306 e. The fraction of sp³-hybridized carbons (Fsp3) is 0.905. The molecular formula is C63H119NO10. The summed E-state index contributed by atoms with van der Waals surface area (Å²) >= 11 is 0. The van der Waals surface area contributed by atoms with Gasteiger partial charge in [0.2, 0.25) is 5.91 Å². The minimum absolute atomic E-state index is 0.128. The van der Waals surface area contributed by atoms with Gasteiger partial charge in [0, 0.05) is 6.42 Å². The van der Waals surface area contributed by atoms with Gasteiger partial charge in [-0.15, -0.1) is 0 Å². The lowest BCUT2D eigenvalue weighted by molar-refractivity contribution is -0.305. The first kappa shape index (κ1) is 70.2. The second-order valence-corrected chi connectivity index (χ2v) is 22.1. The first-order valence-corrected chi connectivity index (χ1v) is 31.6. The number of aliphatic hydroxyl groups is 5. The molecule has 0 aliphatic carbocycles. The Balaban J connectivity index is 2.62. The van der Waals surface area contributed by atoms with E-state index < -0.39 is 67.4 Å². The largest absolute Gasteiger partial charge is 0.454 e. The van der Waals surface area contributed by atoms with E-state index in [9.17, 15) is 35.1 Å². The number of allylic oxidation sites excluding steroid dienone is 3. The fourth-order valence-electron chi connectivity index (χ4n) is 10.1. The zero-order valence-electron chi connectivity index (χ0n) is 48.2. The predicted molar refractivity (Wildman–Crippen MR) is 306 cm³/mol. The average Bonchev–Trinajstić information content (AvgIpc) is 3.40. The van der Waals surface area contributed by atoms with Crippen LogP contribution in [0.25, 0.3) is 0 Å². The fourth-order valence-corrected chi connectivity index (χ4v) is 10.1. The minimum atomic E-state index is -1.61. The number of unbranched alkanes of at least 4 members (excludes halogenated alkanes) is 38. The quantitative estimate of drug-likeness (QED) is 0.0195. The number of carbonyl (C=O) groups is 2. The number of esters is 1. The summed E-state index contributed by atoms with van der Waals surface area (Å²) < 4.78 is 17.6. The van der Waals surface area contributed by atoms with Gasteiger partial charge < -0.3 is 45.1 Å². The van der Waals surface area contributed by atoms with Crippen LogP contribution < -0.4 is 5.32 Å². The van der Waals surface area contributed by atoms with E-state index in [0.29, 0.717) is 12.8 Å². The Morgan fingerprint density at radius 2 is 0.892 bits per heavy atom. The Morgan fingerprint density at radius 1 is 0.514 bits per heavy atom. The van der Waals surface area contributed by atoms with Gasteiger partial charge in [0.05, 0.1) is 25.4 Å². The second-order valence-electron chi connectivity index (χ2n) is 22.1. The van der Waals surface area contributed by atoms with E-state index in [2.05, 4.69) is 38.2 Å². The van der Waals surface area contributed by atoms with Crippen molar-refractivity contribution in [1.82, 2.24) is 5.32 Å². The number of aliphatic hydroxyl groups excluding tert-OH is 5. The summed E-state index contributed by atoms with van der Waals surface area (Å²) in [5.74, 6) is -1.20. The van der Waals surface area contributed by atoms with Crippen LogP contribution >= 0.6 is 0 Å². The van der Waals surface area contributed by atoms with Gasteiger partial charge in [-0.3, -0.25) is 9.59 Å². The van der Waals surface area contributed by atoms with Crippen LogP contribution in [0, 0.1) is 0 Å². The Labute approximate surface area is 454 Å². The molecule has 0 radical (unpaired) electrons. The molecule has 1 aliphatic heterocycles. The predicted octanol–water partition coefficient (Wildman–Crippen LogP) is 14.9. The van der Waals surface area contributed by atoms with E-state index in [1.54, 1.807) is 6.08 Å². The van der Waals surface area contributed by atoms with Gasteiger partial charge in [0.25, 0.3) is 0 Å². The maximum atomic E-state index is 13.4. The number of ether oxygens (including phenoxy) is 3. The highest BCUT2D eigenvalue weighted by Crippen LogP contribution is 2.26. The van der Waals surface area contributed by atoms with E-state index in [1.165, 1.54) is 199 Å². The van der Waals surface area contributed by atoms with Gasteiger partial charge in [-0.25, -0.2) is 0 Å². The van der Waals surface area contributed by atoms with E-state index >= 15 is 0 Å². The van der Waals surface area contributed by atoms with Crippen molar-refractivity contribution in [3.63, 3.8) is 0 Å². The third kappa shape index (κ3) is 39.5. The van der Waals surface area contributed by atoms with Gasteiger partial charge in [-0.1, -0.05) is 270 Å². The molecule has 1 rings (SSSR count). The van der Waals surface area contributed by atoms with Gasteiger partial charge >= 0.3 is 5.97 Å². The highest BCUT2D eigenvalue weighted by Gasteiger charge is 2.47. The normalized spacial score (nSPS) is 19.4. The lowest BCUT2D eigenvalue weighted by Gasteiger charge is -2.41. The van der Waals surface area contributed by atoms with Crippen molar-refractivity contribution < 1.29 is 49.3 Å². The number of hydrogen-bond donors (Lipinski definition) is 6. The number of nitrogens with one attached hydrogen (secondary N) is 1. The molecular weight excluding hydrogens is 931 g/mol. The van der Waals surface area contributed by atoms with Crippen molar-refractivity contribution in [2.24, 2.45) is 0 Å². The molecule has 1 saturated heterocycles. The number of carbonyl (C=O) groups excluding carboxylic acids is 2. The van der Waals surface area contributed by atoms with Gasteiger partial charge in [-0.05, 0) is 51.4 Å². The topological polar surface area (TPSA) is 175 Å². The summed E-state index contributed by atoms with van der Waals surface area (Å²) in [4.78, 5) is 26.5. The summed E-state index contributed by atoms with van der Waals surface area (Å²) in [6.07, 6.45) is 49.4. The van der Waals surface area contributed by atoms with Gasteiger partial charge in [0.1, 0.15) is 24.4 Å². The van der Waals surface area contributed by atoms with Crippen LogP contribution in [0.3, 0.4) is 0 Å². The molecule has 1 fully saturated rings. The Morgan fingerprint density at radius 3 is 1.31 bits per heavy atom. The summed E-state index contributed by atoms with van der Waals surface area (Å²) in [6, 6.07) is -1.03. The standard InChI is InChI=1S/C63H119NO10/c1-4-7-10-13-16-19-22-25-26-27-28-29-30-31-32-33-36-39-42-45-48-51-58(68)74-61-60(70)59(69)57(52-65)73-63(61)72-53-54(55(66)49-46-43-40-37-34-23-20-17-14-11-8-5-2)64-62(71)56(67)50-47-44-41-38-35-24-21-18-15-12-9-6-3/h35,38,46,49,54-57,59-61,63,65-67,69-70H,4-34,36-37,39-45,47-48,50-53H2,1-3H3,(H,64,71)/b38-35-,49-46+. The van der Waals surface area contributed by atoms with Crippen LogP contribution in [-0.4, -0.2) is 99.6 Å². The van der Waals surface area contributed by atoms with Crippen molar-refractivity contribution in [2.45, 2.75) is 352 Å². The van der Waals surface area contributed by atoms with Crippen molar-refractivity contribution in [2.75, 3.05) is 13.2 Å². The molecule has 74 heavy (non-hydrogen) atoms. The summed E-state index contributed by atoms with van der Waals surface area (Å²) in [6.45, 7) is 5.79. The molecule has 0 aromatic carbocycles. The lowest BCUT2D eigenvalue weighted by atomic mass is 9.99. The molecule has 0 saturated carbocycles. The molecule has 1 amide bonds. The number of amides is 1. The van der Waals surface area contributed by atoms with E-state index in [0.717, 1.165) is 57.8 Å². The molecule has 8 atom stereocenters. The monoisotopic (exact) mass is 1050 g/mol. The molecule has 0 spiro atoms. The zero-order chi connectivity index (χ0) is 54.0. The van der Waals surface area contributed by atoms with Gasteiger partial charge in [-0.2, -0.15) is 0 Å². The SMILES string of the molecule is CCCCCCCC/C=C\CCCCC(O)C(=O)NC(COC1OC(CO)C(O)C(O)C1OC(=O)CCCCCCCCCCCCCCCCCCCCCCC)C(O)/C=C/CCCCCCCCCCCC. The molecule has 6 N–H and O–H groups in total. The molecule has 0 bridgehead atoms. The molecule has 11 heteroatoms. The number of hydrogen-bond acceptors (Lipinski definition) is 10. The van der Waals surface area contributed by atoms with Crippen LogP contribution in [0.15, 0.2) is 24.3 Å². The highest BCUT2D eigenvalue weighted by molar-refractivity contribution is 5.80. The van der Waals surface area contributed by atoms with Crippen molar-refractivity contribution in [1.29, 1.82) is 0 Å². The Hall–Kier alpha value is -1.86. The summed E-state index contributed by atoms with van der Waals surface area (Å²) in [5.41, 5.74) is 0. The summed E-state index contributed by atoms with van der Waals surface area (Å²) in [5, 5.41) is 56.9. The molecule has 1 heterocycles. The molecule has 1 aliphatic rings. The zero-order valence-corrected chi connectivity index (χ0v) is 48.2. The first-order chi connectivity index (χ1) is 36.2. The molecule has 436 valence electrons. The smallest absolute Gasteiger partial charge is 0.306 e. The van der Waals surface area contributed by atoms with Crippen LogP contribution in [0.4, 0.5) is 0 Å². The molecule has 8 unspecified atom stereocenters. The van der Waals surface area contributed by atoms with Crippen LogP contribution in [0.2, 0.25) is 0 Å². The summed E-state index contributed by atoms with van der Waals surface area (Å²) in [7, 11) is 0. The maximum absolute atomic E-state index is 13.4. The van der Waals surface area contributed by atoms with Gasteiger partial charge in [0.15, 0.2) is 12.4 Å². The second kappa shape index (κ2) is 51.9. The van der Waals surface area contributed by atoms with Crippen LogP contribution in [0.1, 0.15) is 303 Å². The molecule has 11 nitrogen and oxygen atoms in total. The third-order valence-electron chi connectivity index (χ3n) is 15.1. The van der Waals surface area contributed by atoms with E-state index in [4.69, 9.17) is 14.2 Å². The number of rotatable bonds is 54. The third-order valence-corrected chi connectivity index (χ3v) is 15.1. The molecule has 0 aromatic heterocycles. The minimum Gasteiger partial charge on any atom is -0.454 e. The van der Waals surface area contributed by atoms with Crippen LogP contribution in [0.5, 0.6) is 0 Å². The van der Waals surface area contributed by atoms with E-state index in [1.807, 2.05) is 6.08 Å². The average molecular weight is 1050 g/mol. The van der Waals surface area contributed by atoms with Crippen LogP contribution in [-0.2, 0) is 23.8 Å². The van der Waals surface area contributed by atoms with Crippen molar-refractivity contribution >= 4 is 11.9 Å². The Kier molecular flexibility index (Phi) is 49.2. The first-order valence-electron chi connectivity index (χ1n) is 31.6. The van der Waals surface area contributed by atoms with Crippen molar-refractivity contribution in [3.05, 3.63) is 24.3 Å². The lowest BCUT2D eigenvalue weighted by Crippen LogP contribution is -2.61. The highest BCUT2D eigenvalue weighted by atomic mass is 16.7. The van der Waals surface area contributed by atoms with Crippen molar-refractivity contribution in [3.8, 4) is 0 Å². The molecule has 0 aromatic rings.